The van der Waals surface area contributed by atoms with Crippen LogP contribution in [0.2, 0.25) is 0 Å². The molecule has 3 aromatic rings. The number of nitrogens with one attached hydrogen (secondary N) is 2. The average molecular weight is 397 g/mol. The third kappa shape index (κ3) is 3.88. The molecule has 0 radical (unpaired) electrons. The van der Waals surface area contributed by atoms with Crippen molar-refractivity contribution in [2.24, 2.45) is 11.7 Å². The van der Waals surface area contributed by atoms with Crippen molar-refractivity contribution in [3.63, 3.8) is 0 Å². The van der Waals surface area contributed by atoms with Gasteiger partial charge in [-0.05, 0) is 55.5 Å². The molecule has 2 heterocycles. The second-order valence-corrected chi connectivity index (χ2v) is 7.63. The van der Waals surface area contributed by atoms with Gasteiger partial charge in [0.1, 0.15) is 16.5 Å². The summed E-state index contributed by atoms with van der Waals surface area (Å²) in [6.45, 7) is 0.652. The van der Waals surface area contributed by atoms with Crippen LogP contribution >= 0.6 is 11.3 Å². The highest BCUT2D eigenvalue weighted by Crippen LogP contribution is 2.34. The molecular formula is C20H20FN5OS. The zero-order valence-electron chi connectivity index (χ0n) is 15.1. The van der Waals surface area contributed by atoms with Crippen molar-refractivity contribution in [2.45, 2.75) is 19.3 Å². The van der Waals surface area contributed by atoms with E-state index in [0.29, 0.717) is 34.4 Å². The summed E-state index contributed by atoms with van der Waals surface area (Å²) in [4.78, 5) is 17.1. The van der Waals surface area contributed by atoms with Gasteiger partial charge in [-0.25, -0.2) is 9.37 Å². The number of nitrogens with zero attached hydrogens (tertiary/aromatic N) is 2. The Hall–Kier alpha value is -2.84. The Kier molecular flexibility index (Phi) is 5.31. The average Bonchev–Trinajstić information content (AvgIpc) is 3.41. The van der Waals surface area contributed by atoms with Crippen molar-refractivity contribution in [3.8, 4) is 10.6 Å². The van der Waals surface area contributed by atoms with Crippen LogP contribution in [-0.2, 0) is 0 Å². The minimum Gasteiger partial charge on any atom is -0.330 e. The van der Waals surface area contributed by atoms with E-state index in [4.69, 9.17) is 5.73 Å². The molecule has 0 saturated heterocycles. The zero-order chi connectivity index (χ0) is 19.5. The summed E-state index contributed by atoms with van der Waals surface area (Å²) >= 11 is 1.37. The van der Waals surface area contributed by atoms with Gasteiger partial charge in [-0.15, -0.1) is 11.3 Å². The molecule has 144 valence electrons. The number of rotatable bonds is 5. The van der Waals surface area contributed by atoms with E-state index in [0.717, 1.165) is 30.4 Å². The van der Waals surface area contributed by atoms with Crippen LogP contribution in [-0.4, -0.2) is 27.6 Å². The Morgan fingerprint density at radius 1 is 1.43 bits per heavy atom. The fourth-order valence-corrected chi connectivity index (χ4v) is 4.08. The molecule has 6 nitrogen and oxygen atoms in total. The lowest BCUT2D eigenvalue weighted by atomic mass is 9.86. The highest BCUT2D eigenvalue weighted by Gasteiger charge is 2.19. The second-order valence-electron chi connectivity index (χ2n) is 6.77. The summed E-state index contributed by atoms with van der Waals surface area (Å²) in [7, 11) is 0. The number of H-pyrrole nitrogens is 1. The van der Waals surface area contributed by atoms with E-state index in [1.165, 1.54) is 23.5 Å². The van der Waals surface area contributed by atoms with E-state index >= 15 is 0 Å². The van der Waals surface area contributed by atoms with Gasteiger partial charge in [0.25, 0.3) is 5.91 Å². The number of carbonyl (C=O) groups excluding carboxylic acids is 1. The number of thiazole rings is 1. The molecule has 0 aliphatic heterocycles. The first kappa shape index (κ1) is 18.5. The maximum absolute atomic E-state index is 13.9. The Morgan fingerprint density at radius 2 is 2.32 bits per heavy atom. The summed E-state index contributed by atoms with van der Waals surface area (Å²) in [5.74, 6) is -0.187. The largest absolute Gasteiger partial charge is 0.330 e. The minimum absolute atomic E-state index is 0.317. The molecule has 0 bridgehead atoms. The molecule has 4 N–H and O–H groups in total. The summed E-state index contributed by atoms with van der Waals surface area (Å²) in [6.07, 6.45) is 8.13. The van der Waals surface area contributed by atoms with Crippen molar-refractivity contribution in [2.75, 3.05) is 11.9 Å². The van der Waals surface area contributed by atoms with Crippen molar-refractivity contribution in [1.29, 1.82) is 0 Å². The number of allylic oxidation sites excluding steroid dienone is 2. The van der Waals surface area contributed by atoms with Gasteiger partial charge in [0, 0.05) is 28.4 Å². The lowest BCUT2D eigenvalue weighted by Crippen LogP contribution is -2.17. The van der Waals surface area contributed by atoms with Gasteiger partial charge in [-0.3, -0.25) is 9.89 Å². The van der Waals surface area contributed by atoms with Crippen molar-refractivity contribution >= 4 is 28.5 Å². The van der Waals surface area contributed by atoms with E-state index in [9.17, 15) is 9.18 Å². The highest BCUT2D eigenvalue weighted by atomic mass is 32.1. The van der Waals surface area contributed by atoms with Crippen molar-refractivity contribution < 1.29 is 9.18 Å². The van der Waals surface area contributed by atoms with Crippen LogP contribution in [0.5, 0.6) is 0 Å². The first-order valence-corrected chi connectivity index (χ1v) is 9.97. The van der Waals surface area contributed by atoms with Crippen molar-refractivity contribution in [1.82, 2.24) is 15.2 Å². The standard InChI is InChI=1S/C20H20FN5OS/c21-15-5-6-17(16(7-15)13-3-1-12(8-22)2-4-13)25-19(27)18-11-28-20(26-18)14-9-23-24-10-14/h3,5-7,9-12H,1-2,4,8,22H2,(H,23,24)(H,25,27). The quantitative estimate of drug-likeness (QED) is 0.605. The number of halogens is 1. The molecule has 0 spiro atoms. The first-order chi connectivity index (χ1) is 13.6. The third-order valence-corrected chi connectivity index (χ3v) is 5.80. The third-order valence-electron chi connectivity index (χ3n) is 4.91. The topological polar surface area (TPSA) is 96.7 Å². The molecule has 1 atom stereocenters. The molecule has 1 aromatic carbocycles. The first-order valence-electron chi connectivity index (χ1n) is 9.09. The molecule has 0 fully saturated rings. The van der Waals surface area contributed by atoms with Gasteiger partial charge < -0.3 is 11.1 Å². The van der Waals surface area contributed by atoms with Crippen LogP contribution in [0.25, 0.3) is 16.1 Å². The molecule has 1 aliphatic carbocycles. The van der Waals surface area contributed by atoms with Gasteiger partial charge in [0.15, 0.2) is 0 Å². The van der Waals surface area contributed by atoms with Gasteiger partial charge in [0.05, 0.1) is 6.20 Å². The number of carbonyl (C=O) groups is 1. The van der Waals surface area contributed by atoms with Crippen LogP contribution < -0.4 is 11.1 Å². The maximum Gasteiger partial charge on any atom is 0.275 e. The van der Waals surface area contributed by atoms with Crippen molar-refractivity contribution in [3.05, 3.63) is 59.1 Å². The molecule has 8 heteroatoms. The molecular weight excluding hydrogens is 377 g/mol. The number of amides is 1. The molecule has 1 unspecified atom stereocenters. The number of anilines is 1. The lowest BCUT2D eigenvalue weighted by molar-refractivity contribution is 0.102. The number of aromatic nitrogens is 3. The molecule has 4 rings (SSSR count). The van der Waals surface area contributed by atoms with Crippen LogP contribution in [0.3, 0.4) is 0 Å². The van der Waals surface area contributed by atoms with E-state index in [1.54, 1.807) is 23.8 Å². The maximum atomic E-state index is 13.9. The van der Waals surface area contributed by atoms with Gasteiger partial charge in [-0.1, -0.05) is 6.08 Å². The van der Waals surface area contributed by atoms with Crippen LogP contribution in [0.1, 0.15) is 35.3 Å². The fraction of sp³-hybridized carbons (Fsp3) is 0.250. The number of hydrogen-bond donors (Lipinski definition) is 3. The zero-order valence-corrected chi connectivity index (χ0v) is 15.9. The van der Waals surface area contributed by atoms with Crippen LogP contribution in [0.4, 0.5) is 10.1 Å². The summed E-state index contributed by atoms with van der Waals surface area (Å²) in [6, 6.07) is 4.42. The molecule has 28 heavy (non-hydrogen) atoms. The Labute approximate surface area is 165 Å². The van der Waals surface area contributed by atoms with E-state index < -0.39 is 0 Å². The predicted octanol–water partition coefficient (Wildman–Crippen LogP) is 4.07. The molecule has 0 saturated carbocycles. The molecule has 1 aliphatic rings. The number of hydrogen-bond acceptors (Lipinski definition) is 5. The van der Waals surface area contributed by atoms with Gasteiger partial charge in [0.2, 0.25) is 0 Å². The second kappa shape index (κ2) is 8.04. The number of aromatic amines is 1. The Bertz CT molecular complexity index is 1010. The van der Waals surface area contributed by atoms with Crippen LogP contribution in [0, 0.1) is 11.7 Å². The fourth-order valence-electron chi connectivity index (χ4n) is 3.30. The SMILES string of the molecule is NCC1CC=C(c2cc(F)ccc2NC(=O)c2csc(-c3cn[nH]c3)n2)CC1. The minimum atomic E-state index is -0.328. The lowest BCUT2D eigenvalue weighted by Gasteiger charge is -2.22. The number of nitrogens with two attached hydrogens (primary N) is 1. The van der Waals surface area contributed by atoms with Gasteiger partial charge >= 0.3 is 0 Å². The van der Waals surface area contributed by atoms with Crippen LogP contribution in [0.15, 0.2) is 42.0 Å². The van der Waals surface area contributed by atoms with Gasteiger partial charge in [-0.2, -0.15) is 5.10 Å². The van der Waals surface area contributed by atoms with E-state index in [2.05, 4.69) is 26.6 Å². The predicted molar refractivity (Wildman–Crippen MR) is 108 cm³/mol. The monoisotopic (exact) mass is 397 g/mol. The van der Waals surface area contributed by atoms with E-state index in [-0.39, 0.29) is 11.7 Å². The molecule has 1 amide bonds. The molecule has 2 aromatic heterocycles. The summed E-state index contributed by atoms with van der Waals surface area (Å²) < 4.78 is 13.9. The Morgan fingerprint density at radius 3 is 3.04 bits per heavy atom. The number of benzene rings is 1. The Balaban J connectivity index is 1.56. The highest BCUT2D eigenvalue weighted by molar-refractivity contribution is 7.13. The summed E-state index contributed by atoms with van der Waals surface area (Å²) in [5, 5.41) is 11.9. The summed E-state index contributed by atoms with van der Waals surface area (Å²) in [5.41, 5.74) is 9.24. The smallest absolute Gasteiger partial charge is 0.275 e. The normalized spacial score (nSPS) is 16.6. The van der Waals surface area contributed by atoms with E-state index in [1.807, 2.05) is 0 Å².